The maximum atomic E-state index is 12.5. The number of aryl methyl sites for hydroxylation is 2. The van der Waals surface area contributed by atoms with E-state index in [1.54, 1.807) is 24.0 Å². The summed E-state index contributed by atoms with van der Waals surface area (Å²) in [5.74, 6) is 0.402. The Morgan fingerprint density at radius 3 is 3.05 bits per heavy atom. The molecule has 1 N–H and O–H groups in total. The van der Waals surface area contributed by atoms with E-state index >= 15 is 0 Å². The number of oxazole rings is 1. The van der Waals surface area contributed by atoms with Gasteiger partial charge in [0.25, 0.3) is 0 Å². The van der Waals surface area contributed by atoms with Crippen LogP contribution in [0.2, 0.25) is 0 Å². The van der Waals surface area contributed by atoms with Gasteiger partial charge in [0.05, 0.1) is 37.2 Å². The number of aromatic nitrogens is 3. The second-order valence-electron chi connectivity index (χ2n) is 4.81. The normalized spacial score (nSPS) is 16.0. The van der Waals surface area contributed by atoms with Crippen LogP contribution in [-0.4, -0.2) is 52.0 Å². The van der Waals surface area contributed by atoms with Gasteiger partial charge in [0.2, 0.25) is 11.7 Å². The first kappa shape index (κ1) is 13.8. The summed E-state index contributed by atoms with van der Waals surface area (Å²) in [6.07, 6.45) is 3.44. The SMILES string of the molecule is Cc1nc(-c2cnn(C)c2)oc1C(=O)N1CCOCCN1. The topological polar surface area (TPSA) is 85.4 Å². The number of hydrazine groups is 1. The molecule has 1 aliphatic heterocycles. The number of rotatable bonds is 2. The highest BCUT2D eigenvalue weighted by Gasteiger charge is 2.25. The third kappa shape index (κ3) is 2.81. The zero-order valence-electron chi connectivity index (χ0n) is 12.0. The van der Waals surface area contributed by atoms with Gasteiger partial charge in [-0.2, -0.15) is 5.10 Å². The van der Waals surface area contributed by atoms with Crippen molar-refractivity contribution in [1.82, 2.24) is 25.2 Å². The molecule has 0 unspecified atom stereocenters. The van der Waals surface area contributed by atoms with E-state index < -0.39 is 0 Å². The highest BCUT2D eigenvalue weighted by molar-refractivity contribution is 5.92. The Bertz CT molecular complexity index is 640. The lowest BCUT2D eigenvalue weighted by Crippen LogP contribution is -2.43. The van der Waals surface area contributed by atoms with Crippen molar-refractivity contribution in [2.24, 2.45) is 7.05 Å². The predicted molar refractivity (Wildman–Crippen MR) is 73.3 cm³/mol. The molecule has 0 spiro atoms. The van der Waals surface area contributed by atoms with Crippen LogP contribution in [0.15, 0.2) is 16.8 Å². The first-order chi connectivity index (χ1) is 10.1. The summed E-state index contributed by atoms with van der Waals surface area (Å²) in [5, 5.41) is 5.58. The Morgan fingerprint density at radius 2 is 2.29 bits per heavy atom. The van der Waals surface area contributed by atoms with Gasteiger partial charge in [-0.3, -0.25) is 14.5 Å². The molecule has 112 valence electrons. The van der Waals surface area contributed by atoms with Crippen LogP contribution >= 0.6 is 0 Å². The molecule has 0 atom stereocenters. The fourth-order valence-electron chi connectivity index (χ4n) is 2.14. The number of amides is 1. The van der Waals surface area contributed by atoms with Crippen molar-refractivity contribution in [3.05, 3.63) is 23.8 Å². The van der Waals surface area contributed by atoms with Gasteiger partial charge in [-0.05, 0) is 6.92 Å². The summed E-state index contributed by atoms with van der Waals surface area (Å²) in [7, 11) is 1.81. The first-order valence-electron chi connectivity index (χ1n) is 6.74. The fraction of sp³-hybridized carbons (Fsp3) is 0.462. The summed E-state index contributed by atoms with van der Waals surface area (Å²) in [6, 6.07) is 0. The fourth-order valence-corrected chi connectivity index (χ4v) is 2.14. The minimum absolute atomic E-state index is 0.236. The zero-order valence-corrected chi connectivity index (χ0v) is 12.0. The summed E-state index contributed by atoms with van der Waals surface area (Å²) < 4.78 is 12.6. The Hall–Kier alpha value is -2.19. The molecule has 0 aromatic carbocycles. The van der Waals surface area contributed by atoms with Gasteiger partial charge in [-0.25, -0.2) is 10.4 Å². The Kier molecular flexibility index (Phi) is 3.72. The van der Waals surface area contributed by atoms with Crippen molar-refractivity contribution in [2.75, 3.05) is 26.3 Å². The molecule has 0 radical (unpaired) electrons. The van der Waals surface area contributed by atoms with E-state index in [9.17, 15) is 4.79 Å². The second-order valence-corrected chi connectivity index (χ2v) is 4.81. The predicted octanol–water partition coefficient (Wildman–Crippen LogP) is 0.361. The molecule has 0 saturated carbocycles. The van der Waals surface area contributed by atoms with Gasteiger partial charge in [0.15, 0.2) is 0 Å². The maximum absolute atomic E-state index is 12.5. The van der Waals surface area contributed by atoms with Gasteiger partial charge in [-0.1, -0.05) is 0 Å². The molecule has 1 saturated heterocycles. The van der Waals surface area contributed by atoms with Crippen LogP contribution in [0.4, 0.5) is 0 Å². The lowest BCUT2D eigenvalue weighted by Gasteiger charge is -2.18. The smallest absolute Gasteiger partial charge is 0.305 e. The van der Waals surface area contributed by atoms with Crippen molar-refractivity contribution in [2.45, 2.75) is 6.92 Å². The number of nitrogens with zero attached hydrogens (tertiary/aromatic N) is 4. The molecule has 8 nitrogen and oxygen atoms in total. The highest BCUT2D eigenvalue weighted by atomic mass is 16.5. The lowest BCUT2D eigenvalue weighted by molar-refractivity contribution is 0.0628. The van der Waals surface area contributed by atoms with Crippen LogP contribution in [0.5, 0.6) is 0 Å². The Morgan fingerprint density at radius 1 is 1.43 bits per heavy atom. The van der Waals surface area contributed by atoms with E-state index in [0.29, 0.717) is 37.9 Å². The van der Waals surface area contributed by atoms with Crippen LogP contribution in [0.25, 0.3) is 11.5 Å². The minimum Gasteiger partial charge on any atom is -0.430 e. The average molecular weight is 291 g/mol. The van der Waals surface area contributed by atoms with Crippen LogP contribution in [0.3, 0.4) is 0 Å². The van der Waals surface area contributed by atoms with Crippen molar-refractivity contribution in [3.63, 3.8) is 0 Å². The number of hydrogen-bond acceptors (Lipinski definition) is 6. The molecule has 1 aliphatic rings. The van der Waals surface area contributed by atoms with Crippen molar-refractivity contribution in [3.8, 4) is 11.5 Å². The molecular weight excluding hydrogens is 274 g/mol. The molecule has 0 bridgehead atoms. The van der Waals surface area contributed by atoms with Gasteiger partial charge in [0.1, 0.15) is 0 Å². The third-order valence-electron chi connectivity index (χ3n) is 3.20. The summed E-state index contributed by atoms with van der Waals surface area (Å²) in [6.45, 7) is 3.90. The maximum Gasteiger partial charge on any atom is 0.305 e. The van der Waals surface area contributed by atoms with Crippen molar-refractivity contribution < 1.29 is 13.9 Å². The van der Waals surface area contributed by atoms with Crippen LogP contribution in [0, 0.1) is 6.92 Å². The first-order valence-corrected chi connectivity index (χ1v) is 6.74. The largest absolute Gasteiger partial charge is 0.430 e. The van der Waals surface area contributed by atoms with Gasteiger partial charge < -0.3 is 9.15 Å². The summed E-state index contributed by atoms with van der Waals surface area (Å²) in [5.41, 5.74) is 4.32. The quantitative estimate of drug-likeness (QED) is 0.860. The van der Waals surface area contributed by atoms with Crippen LogP contribution in [0.1, 0.15) is 16.2 Å². The average Bonchev–Trinajstić information content (AvgIpc) is 2.95. The lowest BCUT2D eigenvalue weighted by atomic mass is 10.3. The van der Waals surface area contributed by atoms with Crippen molar-refractivity contribution in [1.29, 1.82) is 0 Å². The van der Waals surface area contributed by atoms with E-state index in [0.717, 1.165) is 5.56 Å². The molecule has 0 aliphatic carbocycles. The molecule has 1 fully saturated rings. The van der Waals surface area contributed by atoms with E-state index in [-0.39, 0.29) is 11.7 Å². The third-order valence-corrected chi connectivity index (χ3v) is 3.20. The molecule has 1 amide bonds. The zero-order chi connectivity index (χ0) is 14.8. The van der Waals surface area contributed by atoms with Crippen LogP contribution < -0.4 is 5.43 Å². The number of nitrogens with one attached hydrogen (secondary N) is 1. The van der Waals surface area contributed by atoms with Gasteiger partial charge in [0, 0.05) is 19.8 Å². The van der Waals surface area contributed by atoms with E-state index in [1.165, 1.54) is 5.01 Å². The molecule has 8 heteroatoms. The standard InChI is InChI=1S/C13H17N5O3/c1-9-11(13(19)18-4-6-20-5-3-14-18)21-12(16-9)10-7-15-17(2)8-10/h7-8,14H,3-6H2,1-2H3. The van der Waals surface area contributed by atoms with Gasteiger partial charge >= 0.3 is 5.91 Å². The van der Waals surface area contributed by atoms with E-state index in [2.05, 4.69) is 15.5 Å². The molecule has 2 aromatic heterocycles. The molecule has 2 aromatic rings. The summed E-state index contributed by atoms with van der Waals surface area (Å²) >= 11 is 0. The Balaban J connectivity index is 1.85. The Labute approximate surface area is 121 Å². The number of carbonyl (C=O) groups is 1. The number of ether oxygens (including phenoxy) is 1. The minimum atomic E-state index is -0.236. The van der Waals surface area contributed by atoms with Crippen LogP contribution in [-0.2, 0) is 11.8 Å². The van der Waals surface area contributed by atoms with E-state index in [1.807, 2.05) is 7.05 Å². The molecular formula is C13H17N5O3. The van der Waals surface area contributed by atoms with E-state index in [4.69, 9.17) is 9.15 Å². The number of hydrogen-bond donors (Lipinski definition) is 1. The van der Waals surface area contributed by atoms with Crippen molar-refractivity contribution >= 4 is 5.91 Å². The summed E-state index contributed by atoms with van der Waals surface area (Å²) in [4.78, 5) is 16.8. The second kappa shape index (κ2) is 5.66. The monoisotopic (exact) mass is 291 g/mol. The molecule has 21 heavy (non-hydrogen) atoms. The molecule has 3 rings (SSSR count). The number of carbonyl (C=O) groups excluding carboxylic acids is 1. The molecule has 3 heterocycles. The van der Waals surface area contributed by atoms with Gasteiger partial charge in [-0.15, -0.1) is 0 Å². The highest BCUT2D eigenvalue weighted by Crippen LogP contribution is 2.22.